The number of nitrogens with zero attached hydrogens (tertiary/aromatic N) is 2. The standard InChI is InChI=1S/C22H27Cl2N3O/c1-2-27(22(28)25-14-18-10-11-20(23)21(24)13-18)19-9-6-12-26(16-19)15-17-7-4-3-5-8-17/h3-5,7-8,10-11,13,19H,2,6,9,12,14-16H2,1H3,(H,25,28). The third kappa shape index (κ3) is 5.63. The molecule has 0 aliphatic carbocycles. The lowest BCUT2D eigenvalue weighted by molar-refractivity contribution is 0.110. The molecule has 2 aromatic carbocycles. The van der Waals surface area contributed by atoms with E-state index in [1.807, 2.05) is 24.0 Å². The molecule has 0 saturated carbocycles. The summed E-state index contributed by atoms with van der Waals surface area (Å²) in [5, 5.41) is 4.05. The summed E-state index contributed by atoms with van der Waals surface area (Å²) < 4.78 is 0. The minimum Gasteiger partial charge on any atom is -0.334 e. The molecule has 0 spiro atoms. The molecular formula is C22H27Cl2N3O. The van der Waals surface area contributed by atoms with Gasteiger partial charge >= 0.3 is 6.03 Å². The number of amides is 2. The first-order valence-electron chi connectivity index (χ1n) is 9.81. The summed E-state index contributed by atoms with van der Waals surface area (Å²) in [5.41, 5.74) is 2.25. The van der Waals surface area contributed by atoms with Crippen molar-refractivity contribution in [1.82, 2.24) is 15.1 Å². The maximum absolute atomic E-state index is 12.8. The molecule has 1 aliphatic heterocycles. The van der Waals surface area contributed by atoms with E-state index in [9.17, 15) is 4.79 Å². The first-order valence-corrected chi connectivity index (χ1v) is 10.6. The number of carbonyl (C=O) groups is 1. The Hall–Kier alpha value is -1.75. The molecule has 3 rings (SSSR count). The van der Waals surface area contributed by atoms with Crippen LogP contribution in [0.3, 0.4) is 0 Å². The van der Waals surface area contributed by atoms with Gasteiger partial charge in [0.05, 0.1) is 10.0 Å². The van der Waals surface area contributed by atoms with Crippen molar-refractivity contribution in [2.45, 2.75) is 38.9 Å². The van der Waals surface area contributed by atoms with Crippen molar-refractivity contribution in [3.8, 4) is 0 Å². The number of benzene rings is 2. The molecule has 1 fully saturated rings. The van der Waals surface area contributed by atoms with Crippen LogP contribution >= 0.6 is 23.2 Å². The molecule has 1 aliphatic rings. The van der Waals surface area contributed by atoms with Gasteiger partial charge in [-0.2, -0.15) is 0 Å². The van der Waals surface area contributed by atoms with Crippen LogP contribution in [0.25, 0.3) is 0 Å². The summed E-state index contributed by atoms with van der Waals surface area (Å²) in [6.45, 7) is 6.08. The number of hydrogen-bond acceptors (Lipinski definition) is 2. The van der Waals surface area contributed by atoms with E-state index in [-0.39, 0.29) is 12.1 Å². The fraction of sp³-hybridized carbons (Fsp3) is 0.409. The van der Waals surface area contributed by atoms with Gasteiger partial charge in [0.1, 0.15) is 0 Å². The molecule has 1 N–H and O–H groups in total. The minimum atomic E-state index is -0.0277. The summed E-state index contributed by atoms with van der Waals surface area (Å²) in [6, 6.07) is 16.1. The molecule has 1 heterocycles. The van der Waals surface area contributed by atoms with Crippen molar-refractivity contribution in [3.63, 3.8) is 0 Å². The molecular weight excluding hydrogens is 393 g/mol. The fourth-order valence-electron chi connectivity index (χ4n) is 3.77. The molecule has 0 radical (unpaired) electrons. The second-order valence-electron chi connectivity index (χ2n) is 7.21. The zero-order chi connectivity index (χ0) is 19.9. The lowest BCUT2D eigenvalue weighted by atomic mass is 10.0. The van der Waals surface area contributed by atoms with Crippen molar-refractivity contribution in [2.75, 3.05) is 19.6 Å². The number of rotatable bonds is 6. The van der Waals surface area contributed by atoms with Crippen molar-refractivity contribution in [1.29, 1.82) is 0 Å². The molecule has 6 heteroatoms. The Morgan fingerprint density at radius 1 is 1.14 bits per heavy atom. The van der Waals surface area contributed by atoms with E-state index in [0.717, 1.165) is 38.0 Å². The predicted molar refractivity (Wildman–Crippen MR) is 116 cm³/mol. The van der Waals surface area contributed by atoms with Gasteiger partial charge in [-0.3, -0.25) is 4.90 Å². The van der Waals surface area contributed by atoms with Crippen molar-refractivity contribution in [3.05, 3.63) is 69.7 Å². The topological polar surface area (TPSA) is 35.6 Å². The first kappa shape index (κ1) is 21.0. The summed E-state index contributed by atoms with van der Waals surface area (Å²) in [4.78, 5) is 17.2. The lowest BCUT2D eigenvalue weighted by Gasteiger charge is -2.39. The van der Waals surface area contributed by atoms with Crippen LogP contribution in [0, 0.1) is 0 Å². The average Bonchev–Trinajstić information content (AvgIpc) is 2.70. The zero-order valence-corrected chi connectivity index (χ0v) is 17.7. The third-order valence-electron chi connectivity index (χ3n) is 5.20. The third-order valence-corrected chi connectivity index (χ3v) is 5.94. The van der Waals surface area contributed by atoms with E-state index in [4.69, 9.17) is 23.2 Å². The summed E-state index contributed by atoms with van der Waals surface area (Å²) in [6.07, 6.45) is 2.15. The second kappa shape index (κ2) is 10.1. The summed E-state index contributed by atoms with van der Waals surface area (Å²) >= 11 is 12.0. The van der Waals surface area contributed by atoms with Crippen molar-refractivity contribution >= 4 is 29.2 Å². The highest BCUT2D eigenvalue weighted by atomic mass is 35.5. The number of hydrogen-bond donors (Lipinski definition) is 1. The lowest BCUT2D eigenvalue weighted by Crippen LogP contribution is -2.52. The Labute approximate surface area is 177 Å². The maximum Gasteiger partial charge on any atom is 0.317 e. The molecule has 0 bridgehead atoms. The highest BCUT2D eigenvalue weighted by Crippen LogP contribution is 2.23. The summed E-state index contributed by atoms with van der Waals surface area (Å²) in [5.74, 6) is 0. The minimum absolute atomic E-state index is 0.0277. The molecule has 150 valence electrons. The van der Waals surface area contributed by atoms with Crippen LogP contribution in [0.1, 0.15) is 30.9 Å². The van der Waals surface area contributed by atoms with E-state index >= 15 is 0 Å². The number of carbonyl (C=O) groups excluding carboxylic acids is 1. The van der Waals surface area contributed by atoms with Gasteiger partial charge in [-0.1, -0.05) is 59.6 Å². The number of likely N-dealkylation sites (N-methyl/N-ethyl adjacent to an activating group) is 1. The Morgan fingerprint density at radius 2 is 1.93 bits per heavy atom. The number of nitrogens with one attached hydrogen (secondary N) is 1. The Morgan fingerprint density at radius 3 is 2.64 bits per heavy atom. The van der Waals surface area contributed by atoms with E-state index in [1.54, 1.807) is 12.1 Å². The van der Waals surface area contributed by atoms with Crippen LogP contribution in [0.5, 0.6) is 0 Å². The molecule has 28 heavy (non-hydrogen) atoms. The number of likely N-dealkylation sites (tertiary alicyclic amines) is 1. The molecule has 2 aromatic rings. The molecule has 4 nitrogen and oxygen atoms in total. The van der Waals surface area contributed by atoms with Crippen LogP contribution in [-0.2, 0) is 13.1 Å². The molecule has 2 amide bonds. The zero-order valence-electron chi connectivity index (χ0n) is 16.2. The Kier molecular flexibility index (Phi) is 7.60. The van der Waals surface area contributed by atoms with Crippen molar-refractivity contribution < 1.29 is 4.79 Å². The molecule has 1 atom stereocenters. The van der Waals surface area contributed by atoms with Gasteiger partial charge in [0.2, 0.25) is 0 Å². The Balaban J connectivity index is 1.56. The predicted octanol–water partition coefficient (Wildman–Crippen LogP) is 5.19. The fourth-order valence-corrected chi connectivity index (χ4v) is 4.09. The van der Waals surface area contributed by atoms with Gasteiger partial charge < -0.3 is 10.2 Å². The highest BCUT2D eigenvalue weighted by Gasteiger charge is 2.27. The summed E-state index contributed by atoms with van der Waals surface area (Å²) in [7, 11) is 0. The largest absolute Gasteiger partial charge is 0.334 e. The van der Waals surface area contributed by atoms with Gasteiger partial charge in [0.25, 0.3) is 0 Å². The quantitative estimate of drug-likeness (QED) is 0.698. The van der Waals surface area contributed by atoms with E-state index in [2.05, 4.69) is 34.5 Å². The highest BCUT2D eigenvalue weighted by molar-refractivity contribution is 6.42. The van der Waals surface area contributed by atoms with Gasteiger partial charge in [0.15, 0.2) is 0 Å². The first-order chi connectivity index (χ1) is 13.6. The normalized spacial score (nSPS) is 17.3. The van der Waals surface area contributed by atoms with Crippen LogP contribution in [0.2, 0.25) is 10.0 Å². The van der Waals surface area contributed by atoms with Gasteiger partial charge in [0, 0.05) is 32.2 Å². The van der Waals surface area contributed by atoms with Crippen LogP contribution in [-0.4, -0.2) is 41.5 Å². The number of piperidine rings is 1. The van der Waals surface area contributed by atoms with Gasteiger partial charge in [-0.25, -0.2) is 4.79 Å². The Bertz CT molecular complexity index is 785. The maximum atomic E-state index is 12.8. The SMILES string of the molecule is CCN(C(=O)NCc1ccc(Cl)c(Cl)c1)C1CCCN(Cc2ccccc2)C1. The van der Waals surface area contributed by atoms with E-state index in [1.165, 1.54) is 5.56 Å². The average molecular weight is 420 g/mol. The second-order valence-corrected chi connectivity index (χ2v) is 8.02. The number of halogens is 2. The van der Waals surface area contributed by atoms with Crippen molar-refractivity contribution in [2.24, 2.45) is 0 Å². The van der Waals surface area contributed by atoms with Gasteiger partial charge in [-0.05, 0) is 49.6 Å². The van der Waals surface area contributed by atoms with Crippen LogP contribution in [0.4, 0.5) is 4.79 Å². The van der Waals surface area contributed by atoms with E-state index in [0.29, 0.717) is 23.1 Å². The smallest absolute Gasteiger partial charge is 0.317 e. The monoisotopic (exact) mass is 419 g/mol. The van der Waals surface area contributed by atoms with Crippen LogP contribution < -0.4 is 5.32 Å². The number of urea groups is 1. The molecule has 1 unspecified atom stereocenters. The molecule has 1 saturated heterocycles. The van der Waals surface area contributed by atoms with Crippen LogP contribution in [0.15, 0.2) is 48.5 Å². The van der Waals surface area contributed by atoms with E-state index < -0.39 is 0 Å². The molecule has 0 aromatic heterocycles. The van der Waals surface area contributed by atoms with Gasteiger partial charge in [-0.15, -0.1) is 0 Å².